The first kappa shape index (κ1) is 15.1. The molecule has 3 atom stereocenters. The molecule has 0 heterocycles. The van der Waals surface area contributed by atoms with E-state index in [1.165, 1.54) is 47.1 Å². The molecule has 3 rings (SSSR count). The molecule has 1 N–H and O–H groups in total. The average Bonchev–Trinajstić information content (AvgIpc) is 2.93. The minimum atomic E-state index is 0.586. The molecule has 0 aromatic heterocycles. The van der Waals surface area contributed by atoms with E-state index in [1.807, 2.05) is 0 Å². The Bertz CT molecular complexity index is 518. The van der Waals surface area contributed by atoms with E-state index < -0.39 is 0 Å². The lowest BCUT2D eigenvalue weighted by Gasteiger charge is -2.27. The maximum Gasteiger partial charge on any atom is 0.0359 e. The monoisotopic (exact) mass is 285 g/mol. The van der Waals surface area contributed by atoms with Crippen LogP contribution in [0.3, 0.4) is 0 Å². The zero-order chi connectivity index (χ0) is 15.3. The van der Waals surface area contributed by atoms with Gasteiger partial charge in [-0.25, -0.2) is 0 Å². The minimum absolute atomic E-state index is 0.586. The summed E-state index contributed by atoms with van der Waals surface area (Å²) in [5, 5.41) is 3.85. The number of benzene rings is 1. The minimum Gasteiger partial charge on any atom is -0.310 e. The van der Waals surface area contributed by atoms with Gasteiger partial charge in [0.05, 0.1) is 0 Å². The van der Waals surface area contributed by atoms with Crippen LogP contribution in [0.15, 0.2) is 0 Å². The van der Waals surface area contributed by atoms with E-state index in [0.29, 0.717) is 6.04 Å². The summed E-state index contributed by atoms with van der Waals surface area (Å²) in [6, 6.07) is 0.586. The van der Waals surface area contributed by atoms with Crippen LogP contribution in [0.5, 0.6) is 0 Å². The molecular weight excluding hydrogens is 254 g/mol. The third-order valence-corrected chi connectivity index (χ3v) is 6.65. The van der Waals surface area contributed by atoms with Gasteiger partial charge in [0.15, 0.2) is 0 Å². The molecule has 2 aliphatic carbocycles. The molecule has 3 unspecified atom stereocenters. The van der Waals surface area contributed by atoms with Crippen molar-refractivity contribution in [3.63, 3.8) is 0 Å². The summed E-state index contributed by atoms with van der Waals surface area (Å²) in [5.74, 6) is 2.92. The predicted molar refractivity (Wildman–Crippen MR) is 90.9 cm³/mol. The van der Waals surface area contributed by atoms with Crippen molar-refractivity contribution < 1.29 is 0 Å². The molecule has 1 nitrogen and oxygen atoms in total. The summed E-state index contributed by atoms with van der Waals surface area (Å²) in [7, 11) is 0. The number of hydrogen-bond acceptors (Lipinski definition) is 1. The van der Waals surface area contributed by atoms with Gasteiger partial charge in [0.1, 0.15) is 0 Å². The Morgan fingerprint density at radius 1 is 0.857 bits per heavy atom. The molecule has 0 bridgehead atoms. The molecule has 2 aliphatic rings. The van der Waals surface area contributed by atoms with Crippen molar-refractivity contribution in [2.24, 2.45) is 17.8 Å². The highest BCUT2D eigenvalue weighted by Crippen LogP contribution is 2.62. The van der Waals surface area contributed by atoms with Gasteiger partial charge in [0, 0.05) is 6.04 Å². The number of fused-ring (bicyclic) bond motifs is 1. The van der Waals surface area contributed by atoms with Crippen molar-refractivity contribution in [2.75, 3.05) is 6.54 Å². The van der Waals surface area contributed by atoms with E-state index in [0.717, 1.165) is 24.3 Å². The standard InChI is InChI=1S/C20H31N/c1-7-21-20(19-16-9-8-10-17(16)19)18-14(5)12(3)11(2)13(4)15(18)6/h16-17,19-21H,7-10H2,1-6H3. The Labute approximate surface area is 130 Å². The van der Waals surface area contributed by atoms with Crippen LogP contribution in [0.1, 0.15) is 65.6 Å². The third-order valence-electron chi connectivity index (χ3n) is 6.65. The van der Waals surface area contributed by atoms with Gasteiger partial charge >= 0.3 is 0 Å². The molecule has 1 aromatic rings. The Morgan fingerprint density at radius 3 is 1.81 bits per heavy atom. The maximum absolute atomic E-state index is 3.85. The highest BCUT2D eigenvalue weighted by atomic mass is 14.9. The second kappa shape index (κ2) is 5.43. The zero-order valence-electron chi connectivity index (χ0n) is 14.6. The first-order valence-corrected chi connectivity index (χ1v) is 8.79. The average molecular weight is 285 g/mol. The Morgan fingerprint density at radius 2 is 1.33 bits per heavy atom. The summed E-state index contributed by atoms with van der Waals surface area (Å²) < 4.78 is 0. The second-order valence-corrected chi connectivity index (χ2v) is 7.41. The van der Waals surface area contributed by atoms with Crippen molar-refractivity contribution in [1.82, 2.24) is 5.32 Å². The summed E-state index contributed by atoms with van der Waals surface area (Å²) in [6.45, 7) is 14.9. The third kappa shape index (κ3) is 2.25. The largest absolute Gasteiger partial charge is 0.310 e. The van der Waals surface area contributed by atoms with Crippen LogP contribution in [0.25, 0.3) is 0 Å². The second-order valence-electron chi connectivity index (χ2n) is 7.41. The topological polar surface area (TPSA) is 12.0 Å². The smallest absolute Gasteiger partial charge is 0.0359 e. The van der Waals surface area contributed by atoms with Crippen LogP contribution >= 0.6 is 0 Å². The van der Waals surface area contributed by atoms with E-state index in [4.69, 9.17) is 0 Å². The van der Waals surface area contributed by atoms with Crippen LogP contribution in [0.4, 0.5) is 0 Å². The molecule has 0 amide bonds. The lowest BCUT2D eigenvalue weighted by molar-refractivity contribution is 0.422. The maximum atomic E-state index is 3.85. The van der Waals surface area contributed by atoms with E-state index >= 15 is 0 Å². The SMILES string of the molecule is CCNC(c1c(C)c(C)c(C)c(C)c1C)C1C2CCCC21. The molecule has 0 saturated heterocycles. The van der Waals surface area contributed by atoms with E-state index in [1.54, 1.807) is 5.56 Å². The van der Waals surface area contributed by atoms with Crippen LogP contribution in [0.2, 0.25) is 0 Å². The number of rotatable bonds is 4. The number of hydrogen-bond donors (Lipinski definition) is 1. The van der Waals surface area contributed by atoms with Gasteiger partial charge < -0.3 is 5.32 Å². The number of nitrogens with one attached hydrogen (secondary N) is 1. The van der Waals surface area contributed by atoms with Gasteiger partial charge in [0.25, 0.3) is 0 Å². The van der Waals surface area contributed by atoms with Crippen LogP contribution in [-0.2, 0) is 0 Å². The fraction of sp³-hybridized carbons (Fsp3) is 0.700. The lowest BCUT2D eigenvalue weighted by atomic mass is 9.83. The summed E-state index contributed by atoms with van der Waals surface area (Å²) in [6.07, 6.45) is 4.41. The first-order valence-electron chi connectivity index (χ1n) is 8.79. The molecule has 116 valence electrons. The summed E-state index contributed by atoms with van der Waals surface area (Å²) in [4.78, 5) is 0. The van der Waals surface area contributed by atoms with Crippen molar-refractivity contribution in [2.45, 2.75) is 66.8 Å². The highest BCUT2D eigenvalue weighted by molar-refractivity contribution is 5.51. The van der Waals surface area contributed by atoms with Gasteiger partial charge in [0.2, 0.25) is 0 Å². The van der Waals surface area contributed by atoms with E-state index in [2.05, 4.69) is 46.9 Å². The molecule has 0 radical (unpaired) electrons. The fourth-order valence-corrected chi connectivity index (χ4v) is 5.02. The van der Waals surface area contributed by atoms with Crippen molar-refractivity contribution in [3.05, 3.63) is 33.4 Å². The normalized spacial score (nSPS) is 28.6. The molecule has 2 fully saturated rings. The van der Waals surface area contributed by atoms with Gasteiger partial charge in [-0.1, -0.05) is 13.3 Å². The van der Waals surface area contributed by atoms with Crippen molar-refractivity contribution in [3.8, 4) is 0 Å². The summed E-state index contributed by atoms with van der Waals surface area (Å²) >= 11 is 0. The Hall–Kier alpha value is -0.820. The van der Waals surface area contributed by atoms with E-state index in [-0.39, 0.29) is 0 Å². The Kier molecular flexibility index (Phi) is 3.90. The van der Waals surface area contributed by atoms with E-state index in [9.17, 15) is 0 Å². The summed E-state index contributed by atoms with van der Waals surface area (Å²) in [5.41, 5.74) is 9.18. The zero-order valence-corrected chi connectivity index (χ0v) is 14.6. The van der Waals surface area contributed by atoms with Crippen LogP contribution < -0.4 is 5.32 Å². The van der Waals surface area contributed by atoms with Gasteiger partial charge in [-0.2, -0.15) is 0 Å². The van der Waals surface area contributed by atoms with Crippen molar-refractivity contribution in [1.29, 1.82) is 0 Å². The van der Waals surface area contributed by atoms with Crippen molar-refractivity contribution >= 4 is 0 Å². The molecule has 1 aromatic carbocycles. The van der Waals surface area contributed by atoms with Crippen LogP contribution in [-0.4, -0.2) is 6.54 Å². The molecule has 1 heteroatoms. The first-order chi connectivity index (χ1) is 9.99. The molecule has 2 saturated carbocycles. The molecular formula is C20H31N. The quantitative estimate of drug-likeness (QED) is 0.827. The molecule has 21 heavy (non-hydrogen) atoms. The highest BCUT2D eigenvalue weighted by Gasteiger charge is 2.56. The lowest BCUT2D eigenvalue weighted by Crippen LogP contribution is -2.27. The molecule has 0 spiro atoms. The predicted octanol–water partition coefficient (Wildman–Crippen LogP) is 4.93. The molecule has 0 aliphatic heterocycles. The van der Waals surface area contributed by atoms with Gasteiger partial charge in [-0.05, 0) is 105 Å². The fourth-order valence-electron chi connectivity index (χ4n) is 5.02. The van der Waals surface area contributed by atoms with Gasteiger partial charge in [-0.3, -0.25) is 0 Å². The van der Waals surface area contributed by atoms with Crippen LogP contribution in [0, 0.1) is 52.4 Å². The Balaban J connectivity index is 2.04. The van der Waals surface area contributed by atoms with Gasteiger partial charge in [-0.15, -0.1) is 0 Å².